The monoisotopic (exact) mass is 241 g/mol. The van der Waals surface area contributed by atoms with E-state index in [1.54, 1.807) is 0 Å². The molecule has 0 aromatic carbocycles. The zero-order chi connectivity index (χ0) is 12.1. The van der Waals surface area contributed by atoms with Crippen molar-refractivity contribution in [3.05, 3.63) is 0 Å². The zero-order valence-corrected chi connectivity index (χ0v) is 10.7. The van der Waals surface area contributed by atoms with Crippen LogP contribution >= 0.6 is 0 Å². The molecule has 0 spiro atoms. The van der Waals surface area contributed by atoms with Crippen LogP contribution in [-0.2, 0) is 4.74 Å². The lowest BCUT2D eigenvalue weighted by Crippen LogP contribution is -2.51. The molecule has 2 rings (SSSR count). The van der Waals surface area contributed by atoms with Crippen LogP contribution in [0.3, 0.4) is 0 Å². The van der Waals surface area contributed by atoms with E-state index in [9.17, 15) is 4.79 Å². The summed E-state index contributed by atoms with van der Waals surface area (Å²) in [4.78, 5) is 15.9. The van der Waals surface area contributed by atoms with Crippen molar-refractivity contribution in [2.75, 3.05) is 53.0 Å². The first-order chi connectivity index (χ1) is 8.27. The van der Waals surface area contributed by atoms with Crippen molar-refractivity contribution < 1.29 is 9.53 Å². The van der Waals surface area contributed by atoms with Crippen molar-refractivity contribution in [2.24, 2.45) is 5.92 Å². The van der Waals surface area contributed by atoms with Gasteiger partial charge in [-0.3, -0.25) is 0 Å². The lowest BCUT2D eigenvalue weighted by molar-refractivity contribution is 0.0432. The van der Waals surface area contributed by atoms with Crippen molar-refractivity contribution in [2.45, 2.75) is 12.8 Å². The first-order valence-corrected chi connectivity index (χ1v) is 6.56. The van der Waals surface area contributed by atoms with E-state index in [-0.39, 0.29) is 6.03 Å². The maximum absolute atomic E-state index is 12.2. The van der Waals surface area contributed by atoms with E-state index in [1.165, 1.54) is 6.42 Å². The third-order valence-electron chi connectivity index (χ3n) is 3.50. The summed E-state index contributed by atoms with van der Waals surface area (Å²) in [6, 6.07) is 0.164. The minimum atomic E-state index is 0.164. The van der Waals surface area contributed by atoms with Crippen LogP contribution in [0.2, 0.25) is 0 Å². The van der Waals surface area contributed by atoms with Crippen LogP contribution in [0, 0.1) is 5.92 Å². The van der Waals surface area contributed by atoms with Gasteiger partial charge in [0.2, 0.25) is 0 Å². The Bertz CT molecular complexity index is 248. The molecule has 0 aromatic rings. The Morgan fingerprint density at radius 3 is 2.88 bits per heavy atom. The molecular weight excluding hydrogens is 218 g/mol. The number of hydrogen-bond acceptors (Lipinski definition) is 3. The zero-order valence-electron chi connectivity index (χ0n) is 10.7. The van der Waals surface area contributed by atoms with Crippen LogP contribution in [0.4, 0.5) is 4.79 Å². The predicted molar refractivity (Wildman–Crippen MR) is 66.0 cm³/mol. The molecule has 0 aliphatic carbocycles. The van der Waals surface area contributed by atoms with Crippen LogP contribution in [0.15, 0.2) is 0 Å². The van der Waals surface area contributed by atoms with Gasteiger partial charge in [-0.25, -0.2) is 4.79 Å². The molecule has 5 nitrogen and oxygen atoms in total. The van der Waals surface area contributed by atoms with Gasteiger partial charge in [0.25, 0.3) is 0 Å². The SMILES string of the molecule is CN(CC1CCCOC1)C(=O)N1CCNCC1. The highest BCUT2D eigenvalue weighted by Crippen LogP contribution is 2.15. The molecule has 0 radical (unpaired) electrons. The lowest BCUT2D eigenvalue weighted by atomic mass is 10.0. The fourth-order valence-electron chi connectivity index (χ4n) is 2.51. The van der Waals surface area contributed by atoms with Crippen LogP contribution in [0.5, 0.6) is 0 Å². The summed E-state index contributed by atoms with van der Waals surface area (Å²) in [6.45, 7) is 5.97. The number of nitrogens with zero attached hydrogens (tertiary/aromatic N) is 2. The van der Waals surface area contributed by atoms with E-state index in [2.05, 4.69) is 5.32 Å². The Kier molecular flexibility index (Phi) is 4.62. The van der Waals surface area contributed by atoms with Gasteiger partial charge < -0.3 is 19.9 Å². The number of carbonyl (C=O) groups is 1. The highest BCUT2D eigenvalue weighted by molar-refractivity contribution is 5.74. The number of urea groups is 1. The fourth-order valence-corrected chi connectivity index (χ4v) is 2.51. The van der Waals surface area contributed by atoms with Crippen molar-refractivity contribution in [1.82, 2.24) is 15.1 Å². The molecule has 2 amide bonds. The van der Waals surface area contributed by atoms with E-state index in [4.69, 9.17) is 4.74 Å². The van der Waals surface area contributed by atoms with E-state index < -0.39 is 0 Å². The summed E-state index contributed by atoms with van der Waals surface area (Å²) >= 11 is 0. The van der Waals surface area contributed by atoms with Crippen molar-refractivity contribution in [3.8, 4) is 0 Å². The molecule has 2 aliphatic rings. The molecule has 2 aliphatic heterocycles. The first kappa shape index (κ1) is 12.6. The molecule has 0 aromatic heterocycles. The second-order valence-electron chi connectivity index (χ2n) is 4.98. The minimum Gasteiger partial charge on any atom is -0.381 e. The van der Waals surface area contributed by atoms with Gasteiger partial charge in [0.05, 0.1) is 6.61 Å². The summed E-state index contributed by atoms with van der Waals surface area (Å²) in [5.41, 5.74) is 0. The number of ether oxygens (including phenoxy) is 1. The van der Waals surface area contributed by atoms with Gasteiger partial charge in [-0.2, -0.15) is 0 Å². The Morgan fingerprint density at radius 1 is 1.47 bits per heavy atom. The average molecular weight is 241 g/mol. The molecular formula is C12H23N3O2. The molecule has 1 unspecified atom stereocenters. The number of carbonyl (C=O) groups excluding carboxylic acids is 1. The molecule has 2 saturated heterocycles. The highest BCUT2D eigenvalue weighted by atomic mass is 16.5. The maximum atomic E-state index is 12.2. The highest BCUT2D eigenvalue weighted by Gasteiger charge is 2.23. The van der Waals surface area contributed by atoms with E-state index in [0.717, 1.165) is 52.4 Å². The number of piperazine rings is 1. The largest absolute Gasteiger partial charge is 0.381 e. The number of rotatable bonds is 2. The summed E-state index contributed by atoms with van der Waals surface area (Å²) < 4.78 is 5.45. The molecule has 5 heteroatoms. The number of hydrogen-bond donors (Lipinski definition) is 1. The van der Waals surface area contributed by atoms with Gasteiger partial charge in [-0.1, -0.05) is 0 Å². The summed E-state index contributed by atoms with van der Waals surface area (Å²) in [7, 11) is 1.90. The quantitative estimate of drug-likeness (QED) is 0.760. The molecule has 0 saturated carbocycles. The Balaban J connectivity index is 1.77. The van der Waals surface area contributed by atoms with Crippen LogP contribution < -0.4 is 5.32 Å². The molecule has 1 N–H and O–H groups in total. The van der Waals surface area contributed by atoms with Crippen molar-refractivity contribution in [3.63, 3.8) is 0 Å². The van der Waals surface area contributed by atoms with Crippen LogP contribution in [-0.4, -0.2) is 68.8 Å². The van der Waals surface area contributed by atoms with E-state index in [1.807, 2.05) is 16.8 Å². The lowest BCUT2D eigenvalue weighted by Gasteiger charge is -2.33. The van der Waals surface area contributed by atoms with Crippen LogP contribution in [0.1, 0.15) is 12.8 Å². The molecule has 98 valence electrons. The second-order valence-corrected chi connectivity index (χ2v) is 4.98. The normalized spacial score (nSPS) is 25.7. The topological polar surface area (TPSA) is 44.8 Å². The van der Waals surface area contributed by atoms with E-state index >= 15 is 0 Å². The maximum Gasteiger partial charge on any atom is 0.319 e. The summed E-state index contributed by atoms with van der Waals surface area (Å²) in [6.07, 6.45) is 2.31. The molecule has 2 heterocycles. The molecule has 0 bridgehead atoms. The number of nitrogens with one attached hydrogen (secondary N) is 1. The third kappa shape index (κ3) is 3.57. The Labute approximate surface area is 103 Å². The summed E-state index contributed by atoms with van der Waals surface area (Å²) in [5, 5.41) is 3.26. The van der Waals surface area contributed by atoms with Crippen molar-refractivity contribution >= 4 is 6.03 Å². The Hall–Kier alpha value is -0.810. The van der Waals surface area contributed by atoms with Gasteiger partial charge in [0, 0.05) is 52.3 Å². The van der Waals surface area contributed by atoms with Gasteiger partial charge in [-0.15, -0.1) is 0 Å². The molecule has 17 heavy (non-hydrogen) atoms. The average Bonchev–Trinajstić information content (AvgIpc) is 2.40. The molecule has 1 atom stereocenters. The summed E-state index contributed by atoms with van der Waals surface area (Å²) in [5.74, 6) is 0.514. The van der Waals surface area contributed by atoms with Gasteiger partial charge in [-0.05, 0) is 12.8 Å². The smallest absolute Gasteiger partial charge is 0.319 e. The van der Waals surface area contributed by atoms with Gasteiger partial charge >= 0.3 is 6.03 Å². The predicted octanol–water partition coefficient (Wildman–Crippen LogP) is 0.370. The van der Waals surface area contributed by atoms with Crippen molar-refractivity contribution in [1.29, 1.82) is 0 Å². The standard InChI is InChI=1S/C12H23N3O2/c1-14(9-11-3-2-8-17-10-11)12(16)15-6-4-13-5-7-15/h11,13H,2-10H2,1H3. The minimum absolute atomic E-state index is 0.164. The third-order valence-corrected chi connectivity index (χ3v) is 3.50. The second kappa shape index (κ2) is 6.21. The first-order valence-electron chi connectivity index (χ1n) is 6.56. The number of amides is 2. The van der Waals surface area contributed by atoms with Gasteiger partial charge in [0.15, 0.2) is 0 Å². The van der Waals surface area contributed by atoms with Crippen LogP contribution in [0.25, 0.3) is 0 Å². The van der Waals surface area contributed by atoms with Gasteiger partial charge in [0.1, 0.15) is 0 Å². The Morgan fingerprint density at radius 2 is 2.24 bits per heavy atom. The molecule has 2 fully saturated rings. The fraction of sp³-hybridized carbons (Fsp3) is 0.917. The van der Waals surface area contributed by atoms with E-state index in [0.29, 0.717) is 5.92 Å².